The second-order valence-corrected chi connectivity index (χ2v) is 9.67. The molecule has 1 saturated heterocycles. The summed E-state index contributed by atoms with van der Waals surface area (Å²) in [5.74, 6) is -1.10. The van der Waals surface area contributed by atoms with Gasteiger partial charge in [0.05, 0.1) is 16.6 Å². The summed E-state index contributed by atoms with van der Waals surface area (Å²) in [6, 6.07) is 12.5. The van der Waals surface area contributed by atoms with Gasteiger partial charge in [-0.2, -0.15) is 0 Å². The fourth-order valence-electron chi connectivity index (χ4n) is 3.18. The molecule has 1 N–H and O–H groups in total. The van der Waals surface area contributed by atoms with Crippen LogP contribution in [-0.2, 0) is 30.8 Å². The van der Waals surface area contributed by atoms with Gasteiger partial charge in [0.2, 0.25) is 10.0 Å². The van der Waals surface area contributed by atoms with Crippen molar-refractivity contribution in [3.05, 3.63) is 64.7 Å². The number of esters is 1. The van der Waals surface area contributed by atoms with Gasteiger partial charge in [-0.15, -0.1) is 0 Å². The first-order chi connectivity index (χ1) is 15.2. The normalized spacial score (nSPS) is 16.0. The van der Waals surface area contributed by atoms with Crippen LogP contribution in [0.2, 0.25) is 5.02 Å². The van der Waals surface area contributed by atoms with Crippen LogP contribution >= 0.6 is 11.6 Å². The fraction of sp³-hybridized carbons (Fsp3) is 0.364. The first-order valence-electron chi connectivity index (χ1n) is 10.1. The van der Waals surface area contributed by atoms with Crippen molar-refractivity contribution in [2.45, 2.75) is 30.4 Å². The minimum atomic E-state index is -3.71. The van der Waals surface area contributed by atoms with Gasteiger partial charge in [0.25, 0.3) is 5.91 Å². The number of nitrogens with zero attached hydrogens (tertiary/aromatic N) is 1. The van der Waals surface area contributed by atoms with Crippen LogP contribution in [0.5, 0.6) is 0 Å². The van der Waals surface area contributed by atoms with Crippen LogP contribution in [0.15, 0.2) is 53.4 Å². The Bertz CT molecular complexity index is 1050. The van der Waals surface area contributed by atoms with Crippen molar-refractivity contribution in [2.24, 2.45) is 0 Å². The van der Waals surface area contributed by atoms with Crippen LogP contribution in [0.1, 0.15) is 28.8 Å². The molecule has 2 aromatic rings. The van der Waals surface area contributed by atoms with Crippen LogP contribution in [0.25, 0.3) is 0 Å². The van der Waals surface area contributed by atoms with E-state index in [-0.39, 0.29) is 29.0 Å². The molecule has 1 aliphatic rings. The van der Waals surface area contributed by atoms with Gasteiger partial charge in [-0.05, 0) is 54.8 Å². The molecule has 8 nitrogen and oxygen atoms in total. The van der Waals surface area contributed by atoms with Gasteiger partial charge in [-0.25, -0.2) is 17.9 Å². The average molecular weight is 481 g/mol. The molecule has 0 bridgehead atoms. The maximum absolute atomic E-state index is 12.4. The van der Waals surface area contributed by atoms with Gasteiger partial charge in [0.15, 0.2) is 6.61 Å². The summed E-state index contributed by atoms with van der Waals surface area (Å²) in [6.45, 7) is 0.736. The van der Waals surface area contributed by atoms with E-state index < -0.39 is 22.6 Å². The van der Waals surface area contributed by atoms with Crippen molar-refractivity contribution in [3.63, 3.8) is 0 Å². The second kappa shape index (κ2) is 10.9. The first kappa shape index (κ1) is 24.2. The first-order valence-corrected chi connectivity index (χ1v) is 12.0. The predicted octanol–water partition coefficient (Wildman–Crippen LogP) is 2.61. The molecule has 32 heavy (non-hydrogen) atoms. The van der Waals surface area contributed by atoms with Gasteiger partial charge in [0, 0.05) is 31.8 Å². The minimum absolute atomic E-state index is 0.0318. The summed E-state index contributed by atoms with van der Waals surface area (Å²) in [7, 11) is -2.11. The number of rotatable bonds is 9. The van der Waals surface area contributed by atoms with E-state index in [4.69, 9.17) is 21.1 Å². The van der Waals surface area contributed by atoms with Gasteiger partial charge < -0.3 is 14.4 Å². The second-order valence-electron chi connectivity index (χ2n) is 7.47. The number of hydrogen-bond acceptors (Lipinski definition) is 6. The minimum Gasteiger partial charge on any atom is -0.452 e. The predicted molar refractivity (Wildman–Crippen MR) is 119 cm³/mol. The lowest BCUT2D eigenvalue weighted by atomic mass is 10.2. The Morgan fingerprint density at radius 2 is 1.97 bits per heavy atom. The van der Waals surface area contributed by atoms with Gasteiger partial charge in [-0.3, -0.25) is 4.79 Å². The van der Waals surface area contributed by atoms with E-state index in [2.05, 4.69) is 4.72 Å². The molecule has 0 radical (unpaired) electrons. The number of likely N-dealkylation sites (N-methyl/N-ethyl adjacent to an activating group) is 1. The molecule has 0 aromatic heterocycles. The molecule has 172 valence electrons. The summed E-state index contributed by atoms with van der Waals surface area (Å²) in [6.07, 6.45) is 1.62. The zero-order valence-electron chi connectivity index (χ0n) is 17.6. The highest BCUT2D eigenvalue weighted by Gasteiger charge is 2.21. The molecule has 1 aliphatic heterocycles. The van der Waals surface area contributed by atoms with E-state index >= 15 is 0 Å². The van der Waals surface area contributed by atoms with E-state index in [1.54, 1.807) is 25.2 Å². The van der Waals surface area contributed by atoms with Crippen LogP contribution in [0, 0.1) is 0 Å². The Labute approximate surface area is 192 Å². The molecule has 1 fully saturated rings. The van der Waals surface area contributed by atoms with E-state index in [1.807, 2.05) is 6.07 Å². The molecule has 1 heterocycles. The van der Waals surface area contributed by atoms with E-state index in [0.29, 0.717) is 18.2 Å². The summed E-state index contributed by atoms with van der Waals surface area (Å²) < 4.78 is 37.8. The molecular weight excluding hydrogens is 456 g/mol. The molecule has 1 atom stereocenters. The number of hydrogen-bond donors (Lipinski definition) is 1. The highest BCUT2D eigenvalue weighted by Crippen LogP contribution is 2.15. The lowest BCUT2D eigenvalue weighted by Crippen LogP contribution is -2.32. The lowest BCUT2D eigenvalue weighted by molar-refractivity contribution is -0.133. The Hall–Kier alpha value is -2.46. The number of benzene rings is 2. The van der Waals surface area contributed by atoms with Crippen LogP contribution in [0.4, 0.5) is 0 Å². The Kier molecular flexibility index (Phi) is 8.25. The molecule has 2 aromatic carbocycles. The van der Waals surface area contributed by atoms with Crippen LogP contribution in [0.3, 0.4) is 0 Å². The molecular formula is C22H25ClN2O6S. The molecule has 0 saturated carbocycles. The third-order valence-corrected chi connectivity index (χ3v) is 6.66. The molecule has 0 spiro atoms. The van der Waals surface area contributed by atoms with Crippen molar-refractivity contribution < 1.29 is 27.5 Å². The number of sulfonamides is 1. The van der Waals surface area contributed by atoms with E-state index in [0.717, 1.165) is 18.4 Å². The quantitative estimate of drug-likeness (QED) is 0.553. The molecule has 10 heteroatoms. The zero-order chi connectivity index (χ0) is 23.1. The zero-order valence-corrected chi connectivity index (χ0v) is 19.2. The van der Waals surface area contributed by atoms with Gasteiger partial charge in [-0.1, -0.05) is 23.7 Å². The Balaban J connectivity index is 1.50. The largest absolute Gasteiger partial charge is 0.452 e. The van der Waals surface area contributed by atoms with Crippen molar-refractivity contribution in [2.75, 3.05) is 26.8 Å². The average Bonchev–Trinajstić information content (AvgIpc) is 3.30. The highest BCUT2D eigenvalue weighted by atomic mass is 35.5. The number of carbonyl (C=O) groups is 2. The number of amides is 1. The van der Waals surface area contributed by atoms with Crippen LogP contribution < -0.4 is 4.72 Å². The molecule has 0 aliphatic carbocycles. The topological polar surface area (TPSA) is 102 Å². The SMILES string of the molecule is CN(Cc1cccc(Cl)c1)C(=O)COC(=O)c1ccc(S(=O)(=O)NCC2CCCO2)cc1. The maximum Gasteiger partial charge on any atom is 0.338 e. The monoisotopic (exact) mass is 480 g/mol. The van der Waals surface area contributed by atoms with E-state index in [1.165, 1.54) is 29.2 Å². The Morgan fingerprint density at radius 3 is 2.62 bits per heavy atom. The summed E-state index contributed by atoms with van der Waals surface area (Å²) in [5, 5.41) is 0.572. The van der Waals surface area contributed by atoms with Crippen molar-refractivity contribution >= 4 is 33.5 Å². The number of halogens is 1. The van der Waals surface area contributed by atoms with Crippen molar-refractivity contribution in [3.8, 4) is 0 Å². The molecule has 1 unspecified atom stereocenters. The van der Waals surface area contributed by atoms with Crippen molar-refractivity contribution in [1.82, 2.24) is 9.62 Å². The van der Waals surface area contributed by atoms with Crippen LogP contribution in [-0.4, -0.2) is 58.1 Å². The number of carbonyl (C=O) groups excluding carboxylic acids is 2. The van der Waals surface area contributed by atoms with Gasteiger partial charge in [0.1, 0.15) is 0 Å². The fourth-order valence-corrected chi connectivity index (χ4v) is 4.46. The smallest absolute Gasteiger partial charge is 0.338 e. The van der Waals surface area contributed by atoms with Gasteiger partial charge >= 0.3 is 5.97 Å². The van der Waals surface area contributed by atoms with Crippen molar-refractivity contribution in [1.29, 1.82) is 0 Å². The third-order valence-electron chi connectivity index (χ3n) is 4.99. The molecule has 1 amide bonds. The third kappa shape index (κ3) is 6.77. The highest BCUT2D eigenvalue weighted by molar-refractivity contribution is 7.89. The number of nitrogens with one attached hydrogen (secondary N) is 1. The summed E-state index contributed by atoms with van der Waals surface area (Å²) in [5.41, 5.74) is 0.998. The number of ether oxygens (including phenoxy) is 2. The maximum atomic E-state index is 12.4. The Morgan fingerprint density at radius 1 is 1.22 bits per heavy atom. The summed E-state index contributed by atoms with van der Waals surface area (Å²) >= 11 is 5.94. The summed E-state index contributed by atoms with van der Waals surface area (Å²) in [4.78, 5) is 26.0. The van der Waals surface area contributed by atoms with E-state index in [9.17, 15) is 18.0 Å². The molecule has 3 rings (SSSR count). The standard InChI is InChI=1S/C22H25ClN2O6S/c1-25(14-16-4-2-5-18(23)12-16)21(26)15-31-22(27)17-7-9-20(10-8-17)32(28,29)24-13-19-6-3-11-30-19/h2,4-5,7-10,12,19,24H,3,6,11,13-15H2,1H3. The lowest BCUT2D eigenvalue weighted by Gasteiger charge is -2.17.